The maximum Gasteiger partial charge on any atom is 0.573 e. The third-order valence-electron chi connectivity index (χ3n) is 7.60. The van der Waals surface area contributed by atoms with Crippen LogP contribution in [0.2, 0.25) is 0 Å². The number of amides is 1. The molecule has 7 nitrogen and oxygen atoms in total. The van der Waals surface area contributed by atoms with E-state index in [-0.39, 0.29) is 29.5 Å². The van der Waals surface area contributed by atoms with E-state index in [1.807, 2.05) is 6.07 Å². The Morgan fingerprint density at radius 2 is 1.58 bits per heavy atom. The lowest BCUT2D eigenvalue weighted by Crippen LogP contribution is -2.29. The molecule has 1 aliphatic rings. The zero-order chi connectivity index (χ0) is 32.6. The van der Waals surface area contributed by atoms with E-state index in [1.54, 1.807) is 12.1 Å². The van der Waals surface area contributed by atoms with Gasteiger partial charge in [0.15, 0.2) is 6.61 Å². The van der Waals surface area contributed by atoms with Gasteiger partial charge in [-0.05, 0) is 91.3 Å². The van der Waals surface area contributed by atoms with Crippen molar-refractivity contribution >= 4 is 34.3 Å². The zero-order valence-corrected chi connectivity index (χ0v) is 24.7. The summed E-state index contributed by atoms with van der Waals surface area (Å²) in [4.78, 5) is 17.2. The smallest absolute Gasteiger partial charge is 0.484 e. The summed E-state index contributed by atoms with van der Waals surface area (Å²) < 4.78 is 88.0. The van der Waals surface area contributed by atoms with Crippen LogP contribution in [0.1, 0.15) is 51.6 Å². The van der Waals surface area contributed by atoms with Crippen molar-refractivity contribution in [2.45, 2.75) is 58.6 Å². The molecular formula is C32H32F6N4O3. The fraction of sp³-hybridized carbons (Fsp3) is 0.375. The fourth-order valence-corrected chi connectivity index (χ4v) is 6.08. The Bertz CT molecular complexity index is 1650. The number of alkyl halides is 6. The number of hydrogen-bond acceptors (Lipinski definition) is 5. The Hall–Kier alpha value is -4.42. The molecule has 1 fully saturated rings. The van der Waals surface area contributed by atoms with E-state index in [0.29, 0.717) is 28.8 Å². The first-order valence-corrected chi connectivity index (χ1v) is 14.3. The molecule has 0 radical (unpaired) electrons. The van der Waals surface area contributed by atoms with Crippen LogP contribution in [0.25, 0.3) is 11.0 Å². The second kappa shape index (κ2) is 12.2. The molecule has 2 atom stereocenters. The van der Waals surface area contributed by atoms with Gasteiger partial charge in [-0.25, -0.2) is 4.98 Å². The fourth-order valence-electron chi connectivity index (χ4n) is 6.08. The molecule has 2 N–H and O–H groups in total. The lowest BCUT2D eigenvalue weighted by molar-refractivity contribution is -0.274. The average molecular weight is 635 g/mol. The molecule has 1 heterocycles. The third kappa shape index (κ3) is 8.20. The molecule has 13 heteroatoms. The molecule has 1 saturated carbocycles. The highest BCUT2D eigenvalue weighted by Gasteiger charge is 2.35. The van der Waals surface area contributed by atoms with Gasteiger partial charge < -0.3 is 24.7 Å². The van der Waals surface area contributed by atoms with Crippen LogP contribution < -0.4 is 20.1 Å². The molecule has 0 saturated heterocycles. The Morgan fingerprint density at radius 3 is 2.20 bits per heavy atom. The minimum Gasteiger partial charge on any atom is -0.484 e. The van der Waals surface area contributed by atoms with Crippen LogP contribution >= 0.6 is 0 Å². The van der Waals surface area contributed by atoms with Gasteiger partial charge in [0.2, 0.25) is 5.95 Å². The SMILES string of the molecule is CC1CC(n2c(Nc3ccc(OC(F)(F)F)cc3)nc3cc(OCC(=O)Nc4ccc(C(F)(F)F)cc4)ccc32)CC(C)(C)C1. The second-order valence-corrected chi connectivity index (χ2v) is 12.1. The number of benzene rings is 3. The number of rotatable bonds is 8. The number of imidazole rings is 1. The lowest BCUT2D eigenvalue weighted by Gasteiger charge is -2.40. The molecule has 3 aromatic carbocycles. The molecule has 0 aliphatic heterocycles. The van der Waals surface area contributed by atoms with Crippen molar-refractivity contribution in [3.05, 3.63) is 72.3 Å². The highest BCUT2D eigenvalue weighted by atomic mass is 19.4. The van der Waals surface area contributed by atoms with Gasteiger partial charge in [-0.1, -0.05) is 20.8 Å². The minimum absolute atomic E-state index is 0.0796. The first kappa shape index (κ1) is 32.0. The van der Waals surface area contributed by atoms with Crippen molar-refractivity contribution < 1.29 is 40.6 Å². The predicted octanol–water partition coefficient (Wildman–Crippen LogP) is 9.10. The van der Waals surface area contributed by atoms with Crippen molar-refractivity contribution in [3.8, 4) is 11.5 Å². The molecule has 2 unspecified atom stereocenters. The van der Waals surface area contributed by atoms with Crippen LogP contribution in [-0.2, 0) is 11.0 Å². The lowest BCUT2D eigenvalue weighted by atomic mass is 9.70. The Labute approximate surface area is 255 Å². The van der Waals surface area contributed by atoms with Gasteiger partial charge in [-0.15, -0.1) is 13.2 Å². The van der Waals surface area contributed by atoms with Gasteiger partial charge in [0, 0.05) is 23.5 Å². The largest absolute Gasteiger partial charge is 0.573 e. The van der Waals surface area contributed by atoms with E-state index in [4.69, 9.17) is 9.72 Å². The zero-order valence-electron chi connectivity index (χ0n) is 24.7. The van der Waals surface area contributed by atoms with Gasteiger partial charge in [0.05, 0.1) is 16.6 Å². The van der Waals surface area contributed by atoms with Gasteiger partial charge in [-0.2, -0.15) is 13.2 Å². The summed E-state index contributed by atoms with van der Waals surface area (Å²) >= 11 is 0. The molecule has 0 bridgehead atoms. The van der Waals surface area contributed by atoms with Gasteiger partial charge >= 0.3 is 12.5 Å². The molecule has 0 spiro atoms. The number of hydrogen-bond donors (Lipinski definition) is 2. The second-order valence-electron chi connectivity index (χ2n) is 12.1. The van der Waals surface area contributed by atoms with E-state index in [0.717, 1.165) is 49.0 Å². The van der Waals surface area contributed by atoms with Crippen LogP contribution in [0.4, 0.5) is 43.7 Å². The summed E-state index contributed by atoms with van der Waals surface area (Å²) in [7, 11) is 0. The average Bonchev–Trinajstić information content (AvgIpc) is 3.28. The minimum atomic E-state index is -4.80. The molecule has 4 aromatic rings. The van der Waals surface area contributed by atoms with Gasteiger partial charge in [0.25, 0.3) is 5.91 Å². The number of carbonyl (C=O) groups excluding carboxylic acids is 1. The van der Waals surface area contributed by atoms with Crippen molar-refractivity contribution in [1.29, 1.82) is 0 Å². The van der Waals surface area contributed by atoms with E-state index in [9.17, 15) is 31.1 Å². The molecule has 5 rings (SSSR count). The Morgan fingerprint density at radius 1 is 0.933 bits per heavy atom. The van der Waals surface area contributed by atoms with Crippen LogP contribution in [0.15, 0.2) is 66.7 Å². The van der Waals surface area contributed by atoms with E-state index in [1.165, 1.54) is 24.3 Å². The molecular weight excluding hydrogens is 602 g/mol. The van der Waals surface area contributed by atoms with Crippen molar-refractivity contribution in [3.63, 3.8) is 0 Å². The number of ether oxygens (including phenoxy) is 2. The van der Waals surface area contributed by atoms with Crippen LogP contribution in [0.5, 0.6) is 11.5 Å². The van der Waals surface area contributed by atoms with Crippen LogP contribution in [-0.4, -0.2) is 28.4 Å². The maximum absolute atomic E-state index is 12.8. The van der Waals surface area contributed by atoms with Crippen molar-refractivity contribution in [1.82, 2.24) is 9.55 Å². The predicted molar refractivity (Wildman–Crippen MR) is 158 cm³/mol. The van der Waals surface area contributed by atoms with E-state index < -0.39 is 24.0 Å². The monoisotopic (exact) mass is 634 g/mol. The topological polar surface area (TPSA) is 77.4 Å². The number of anilines is 3. The number of halogens is 6. The molecule has 1 aliphatic carbocycles. The van der Waals surface area contributed by atoms with Crippen LogP contribution in [0, 0.1) is 11.3 Å². The summed E-state index contributed by atoms with van der Waals surface area (Å²) in [6, 6.07) is 14.8. The Balaban J connectivity index is 1.36. The van der Waals surface area contributed by atoms with Crippen molar-refractivity contribution in [2.24, 2.45) is 11.3 Å². The number of nitrogens with zero attached hydrogens (tertiary/aromatic N) is 2. The molecule has 1 aromatic heterocycles. The van der Waals surface area contributed by atoms with E-state index >= 15 is 0 Å². The Kier molecular flexibility index (Phi) is 8.65. The highest BCUT2D eigenvalue weighted by molar-refractivity contribution is 5.92. The summed E-state index contributed by atoms with van der Waals surface area (Å²) in [6.07, 6.45) is -6.40. The first-order chi connectivity index (χ1) is 21.0. The van der Waals surface area contributed by atoms with Gasteiger partial charge in [-0.3, -0.25) is 4.79 Å². The number of aromatic nitrogens is 2. The van der Waals surface area contributed by atoms with Crippen molar-refractivity contribution in [2.75, 3.05) is 17.2 Å². The highest BCUT2D eigenvalue weighted by Crippen LogP contribution is 2.46. The standard InChI is InChI=1S/C32H32F6N4O3/c1-19-14-23(17-30(2,3)16-19)42-27-13-12-25(44-18-28(43)39-21-6-4-20(5-7-21)31(33,34)35)15-26(27)41-29(42)40-22-8-10-24(11-9-22)45-32(36,37)38/h4-13,15,19,23H,14,16-18H2,1-3H3,(H,39,43)(H,40,41). The number of fused-ring (bicyclic) bond motifs is 1. The van der Waals surface area contributed by atoms with Crippen LogP contribution in [0.3, 0.4) is 0 Å². The number of nitrogens with one attached hydrogen (secondary N) is 2. The maximum atomic E-state index is 12.8. The normalized spacial score (nSPS) is 18.4. The summed E-state index contributed by atoms with van der Waals surface area (Å²) in [6.45, 7) is 6.27. The third-order valence-corrected chi connectivity index (χ3v) is 7.60. The van der Waals surface area contributed by atoms with E-state index in [2.05, 4.69) is 40.7 Å². The quantitative estimate of drug-likeness (QED) is 0.189. The number of carbonyl (C=O) groups is 1. The summed E-state index contributed by atoms with van der Waals surface area (Å²) in [5.74, 6) is 0.412. The first-order valence-electron chi connectivity index (χ1n) is 14.3. The summed E-state index contributed by atoms with van der Waals surface area (Å²) in [5.41, 5.74) is 1.36. The molecule has 45 heavy (non-hydrogen) atoms. The van der Waals surface area contributed by atoms with Gasteiger partial charge in [0.1, 0.15) is 11.5 Å². The molecule has 240 valence electrons. The summed E-state index contributed by atoms with van der Waals surface area (Å²) in [5, 5.41) is 5.75. The molecule has 1 amide bonds.